The fourth-order valence-electron chi connectivity index (χ4n) is 8.97. The summed E-state index contributed by atoms with van der Waals surface area (Å²) in [5.74, 6) is -1.85. The Morgan fingerprint density at radius 1 is 0.833 bits per heavy atom. The average Bonchev–Trinajstić information content (AvgIpc) is 3.03. The van der Waals surface area contributed by atoms with Crippen molar-refractivity contribution in [3.63, 3.8) is 0 Å². The molecule has 0 radical (unpaired) electrons. The van der Waals surface area contributed by atoms with Crippen molar-refractivity contribution in [3.8, 4) is 0 Å². The molecule has 6 rings (SSSR count). The van der Waals surface area contributed by atoms with Crippen molar-refractivity contribution in [2.45, 2.75) is 95.9 Å². The summed E-state index contributed by atoms with van der Waals surface area (Å²) >= 11 is 0. The number of carbonyl (C=O) groups excluding carboxylic acids is 5. The van der Waals surface area contributed by atoms with E-state index in [0.29, 0.717) is 28.9 Å². The summed E-state index contributed by atoms with van der Waals surface area (Å²) in [7, 11) is -3.84. The lowest BCUT2D eigenvalue weighted by Crippen LogP contribution is -2.55. The smallest absolute Gasteiger partial charge is 0.238 e. The molecule has 4 fully saturated rings. The topological polar surface area (TPSA) is 158 Å². The van der Waals surface area contributed by atoms with Crippen LogP contribution in [0.3, 0.4) is 0 Å². The van der Waals surface area contributed by atoms with Gasteiger partial charge in [-0.2, -0.15) is 0 Å². The lowest BCUT2D eigenvalue weighted by atomic mass is 9.46. The van der Waals surface area contributed by atoms with E-state index in [1.54, 1.807) is 45.0 Å². The fourth-order valence-corrected chi connectivity index (χ4v) is 9.49. The Morgan fingerprint density at radius 2 is 1.40 bits per heavy atom. The number of nitrogens with one attached hydrogen (secondary N) is 1. The number of carbonyl (C=O) groups is 5. The molecule has 0 aromatic heterocycles. The lowest BCUT2D eigenvalue weighted by molar-refractivity contribution is -0.144. The van der Waals surface area contributed by atoms with Gasteiger partial charge in [0.15, 0.2) is 17.3 Å². The van der Waals surface area contributed by atoms with Gasteiger partial charge in [-0.25, -0.2) is 13.6 Å². The first-order valence-electron chi connectivity index (χ1n) is 17.3. The van der Waals surface area contributed by atoms with Crippen molar-refractivity contribution in [1.29, 1.82) is 0 Å². The van der Waals surface area contributed by atoms with Gasteiger partial charge in [0.2, 0.25) is 21.7 Å². The fraction of sp³-hybridized carbons (Fsp3) is 0.553. The summed E-state index contributed by atoms with van der Waals surface area (Å²) < 4.78 is 23.0. The number of benzene rings is 2. The van der Waals surface area contributed by atoms with Crippen LogP contribution in [0.5, 0.6) is 0 Å². The molecule has 0 unspecified atom stereocenters. The maximum absolute atomic E-state index is 14.1. The monoisotopic (exact) mass is 676 g/mol. The highest BCUT2D eigenvalue weighted by atomic mass is 32.2. The molecule has 1 amide bonds. The second-order valence-electron chi connectivity index (χ2n) is 15.1. The first kappa shape index (κ1) is 35.8. The second-order valence-corrected chi connectivity index (χ2v) is 16.6. The van der Waals surface area contributed by atoms with E-state index in [4.69, 9.17) is 5.14 Å². The van der Waals surface area contributed by atoms with Crippen molar-refractivity contribution in [2.75, 3.05) is 0 Å². The molecule has 4 saturated carbocycles. The Balaban J connectivity index is 1.23. The van der Waals surface area contributed by atoms with Crippen LogP contribution in [0.25, 0.3) is 0 Å². The largest absolute Gasteiger partial charge is 0.346 e. The van der Waals surface area contributed by atoms with Crippen LogP contribution in [0.1, 0.15) is 94.5 Å². The van der Waals surface area contributed by atoms with Crippen LogP contribution in [-0.4, -0.2) is 43.5 Å². The predicted octanol–water partition coefficient (Wildman–Crippen LogP) is 5.25. The van der Waals surface area contributed by atoms with Gasteiger partial charge in [-0.1, -0.05) is 56.3 Å². The zero-order valence-electron chi connectivity index (χ0n) is 28.2. The average molecular weight is 677 g/mol. The molecule has 0 heterocycles. The van der Waals surface area contributed by atoms with Crippen LogP contribution >= 0.6 is 0 Å². The van der Waals surface area contributed by atoms with Gasteiger partial charge in [-0.15, -0.1) is 0 Å². The summed E-state index contributed by atoms with van der Waals surface area (Å²) in [5.41, 5.74) is 0.998. The highest BCUT2D eigenvalue weighted by molar-refractivity contribution is 7.89. The molecule has 48 heavy (non-hydrogen) atoms. The summed E-state index contributed by atoms with van der Waals surface area (Å²) in [5, 5.41) is 8.09. The Bertz CT molecular complexity index is 1610. The first-order chi connectivity index (χ1) is 22.6. The van der Waals surface area contributed by atoms with Crippen LogP contribution in [0, 0.1) is 40.9 Å². The molecule has 4 bridgehead atoms. The maximum atomic E-state index is 14.1. The number of sulfonamides is 1. The number of hydrogen-bond donors (Lipinski definition) is 2. The SMILES string of the molecule is CC(C)[C@H](CC(=O)[C@H](C)NC(=O)[C@@H](CC(=O)c1ccccc1)C12CC3CC(CC(C3)C1)C2)C(=O)C(=O)CCc1ccc(S(N)(=O)=O)cc1. The Kier molecular flexibility index (Phi) is 10.8. The minimum atomic E-state index is -3.84. The van der Waals surface area contributed by atoms with Gasteiger partial charge in [0.1, 0.15) is 0 Å². The molecule has 9 nitrogen and oxygen atoms in total. The van der Waals surface area contributed by atoms with Crippen molar-refractivity contribution in [2.24, 2.45) is 46.1 Å². The molecule has 3 atom stereocenters. The molecule has 4 aliphatic rings. The van der Waals surface area contributed by atoms with Gasteiger partial charge in [-0.3, -0.25) is 24.0 Å². The van der Waals surface area contributed by atoms with Crippen LogP contribution in [0.15, 0.2) is 59.5 Å². The van der Waals surface area contributed by atoms with Crippen LogP contribution < -0.4 is 10.5 Å². The Morgan fingerprint density at radius 3 is 1.92 bits per heavy atom. The van der Waals surface area contributed by atoms with Gasteiger partial charge in [0.05, 0.1) is 16.9 Å². The third-order valence-electron chi connectivity index (χ3n) is 11.2. The molecule has 0 spiro atoms. The minimum Gasteiger partial charge on any atom is -0.346 e. The number of primary sulfonamides is 1. The molecule has 4 aliphatic carbocycles. The molecule has 10 heteroatoms. The maximum Gasteiger partial charge on any atom is 0.238 e. The van der Waals surface area contributed by atoms with Crippen LogP contribution in [-0.2, 0) is 35.6 Å². The van der Waals surface area contributed by atoms with E-state index in [1.807, 2.05) is 18.2 Å². The molecule has 0 saturated heterocycles. The zero-order valence-corrected chi connectivity index (χ0v) is 29.0. The van der Waals surface area contributed by atoms with E-state index >= 15 is 0 Å². The molecular weight excluding hydrogens is 628 g/mol. The molecule has 2 aromatic carbocycles. The van der Waals surface area contributed by atoms with Crippen LogP contribution in [0.4, 0.5) is 0 Å². The minimum absolute atomic E-state index is 0.0414. The summed E-state index contributed by atoms with van der Waals surface area (Å²) in [6.07, 6.45) is 6.45. The number of rotatable bonds is 16. The van der Waals surface area contributed by atoms with E-state index in [9.17, 15) is 32.4 Å². The van der Waals surface area contributed by atoms with E-state index in [0.717, 1.165) is 19.3 Å². The molecular formula is C38H48N2O7S. The van der Waals surface area contributed by atoms with Crippen molar-refractivity contribution >= 4 is 39.1 Å². The van der Waals surface area contributed by atoms with E-state index in [1.165, 1.54) is 31.4 Å². The lowest BCUT2D eigenvalue weighted by Gasteiger charge is -2.59. The van der Waals surface area contributed by atoms with Gasteiger partial charge in [0.25, 0.3) is 0 Å². The molecule has 0 aliphatic heterocycles. The molecule has 258 valence electrons. The van der Waals surface area contributed by atoms with Crippen molar-refractivity contribution in [3.05, 3.63) is 65.7 Å². The van der Waals surface area contributed by atoms with Gasteiger partial charge in [-0.05, 0) is 98.7 Å². The second kappa shape index (κ2) is 14.5. The summed E-state index contributed by atoms with van der Waals surface area (Å²) in [6, 6.07) is 14.0. The van der Waals surface area contributed by atoms with Crippen molar-refractivity contribution in [1.82, 2.24) is 5.32 Å². The highest BCUT2D eigenvalue weighted by Gasteiger charge is 2.56. The number of hydrogen-bond acceptors (Lipinski definition) is 7. The third kappa shape index (κ3) is 8.20. The zero-order chi connectivity index (χ0) is 34.8. The van der Waals surface area contributed by atoms with Crippen molar-refractivity contribution < 1.29 is 32.4 Å². The Labute approximate surface area is 283 Å². The normalized spacial score (nSPS) is 24.9. The summed E-state index contributed by atoms with van der Waals surface area (Å²) in [6.45, 7) is 5.19. The number of ketones is 4. The molecule has 3 N–H and O–H groups in total. The number of Topliss-reactive ketones (excluding diaryl/α,β-unsaturated/α-hetero) is 4. The molecule has 2 aromatic rings. The van der Waals surface area contributed by atoms with E-state index in [2.05, 4.69) is 5.32 Å². The van der Waals surface area contributed by atoms with Gasteiger partial charge < -0.3 is 5.32 Å². The van der Waals surface area contributed by atoms with E-state index < -0.39 is 39.5 Å². The quantitative estimate of drug-likeness (QED) is 0.182. The predicted molar refractivity (Wildman–Crippen MR) is 181 cm³/mol. The standard InChI is InChI=1S/C38H48N2O7S/c1-23(2)31(36(44)33(41)14-11-25-9-12-30(13-10-25)48(39,46)47)18-34(42)24(3)40-37(45)32(19-35(43)29-7-5-4-6-8-29)38-20-26-15-27(21-38)17-28(16-26)22-38/h4-10,12-13,23-24,26-28,31-32H,11,14-22H2,1-3H3,(H,40,45)(H2,39,46,47)/t24-,26?,27?,28?,31-,32+,38?/m0/s1. The summed E-state index contributed by atoms with van der Waals surface area (Å²) in [4.78, 5) is 67.3. The highest BCUT2D eigenvalue weighted by Crippen LogP contribution is 2.63. The van der Waals surface area contributed by atoms with E-state index in [-0.39, 0.29) is 59.4 Å². The van der Waals surface area contributed by atoms with Gasteiger partial charge in [0, 0.05) is 30.7 Å². The number of aryl methyl sites for hydroxylation is 1. The van der Waals surface area contributed by atoms with Crippen LogP contribution in [0.2, 0.25) is 0 Å². The number of nitrogens with two attached hydrogens (primary N) is 1. The number of amides is 1. The Hall–Kier alpha value is -3.50. The first-order valence-corrected chi connectivity index (χ1v) is 18.8. The van der Waals surface area contributed by atoms with Gasteiger partial charge >= 0.3 is 0 Å². The third-order valence-corrected chi connectivity index (χ3v) is 12.1.